The zero-order chi connectivity index (χ0) is 12.3. The molecule has 0 radical (unpaired) electrons. The Hall–Kier alpha value is -0.610. The lowest BCUT2D eigenvalue weighted by Crippen LogP contribution is -2.30. The molecule has 0 unspecified atom stereocenters. The van der Waals surface area contributed by atoms with Gasteiger partial charge in [-0.15, -0.1) is 11.6 Å². The van der Waals surface area contributed by atoms with Crippen molar-refractivity contribution in [3.63, 3.8) is 0 Å². The molecule has 1 nitrogen and oxygen atoms in total. The number of rotatable bonds is 3. The lowest BCUT2D eigenvalue weighted by molar-refractivity contribution is -0.119. The summed E-state index contributed by atoms with van der Waals surface area (Å²) in [7, 11) is 1.36. The van der Waals surface area contributed by atoms with Gasteiger partial charge in [0.2, 0.25) is 0 Å². The van der Waals surface area contributed by atoms with Crippen LogP contribution in [0.15, 0.2) is 18.2 Å². The van der Waals surface area contributed by atoms with Crippen LogP contribution in [-0.2, 0) is 5.88 Å². The lowest BCUT2D eigenvalue weighted by Gasteiger charge is -2.21. The Bertz CT molecular complexity index is 366. The number of alkyl halides is 4. The van der Waals surface area contributed by atoms with E-state index in [0.29, 0.717) is 16.3 Å². The van der Waals surface area contributed by atoms with Crippen LogP contribution in [-0.4, -0.2) is 19.8 Å². The van der Waals surface area contributed by atoms with Crippen molar-refractivity contribution in [2.45, 2.75) is 12.1 Å². The molecule has 0 saturated heterocycles. The number of halogens is 5. The first-order valence-electron chi connectivity index (χ1n) is 4.46. The van der Waals surface area contributed by atoms with Crippen LogP contribution in [0.25, 0.3) is 0 Å². The average molecular weight is 272 g/mol. The van der Waals surface area contributed by atoms with Crippen LogP contribution in [0.4, 0.5) is 18.9 Å². The van der Waals surface area contributed by atoms with Gasteiger partial charge in [-0.25, -0.2) is 0 Å². The Balaban J connectivity index is 2.85. The monoisotopic (exact) mass is 271 g/mol. The number of hydrogen-bond donors (Lipinski definition) is 0. The second-order valence-electron chi connectivity index (χ2n) is 3.38. The van der Waals surface area contributed by atoms with Gasteiger partial charge in [-0.1, -0.05) is 17.7 Å². The van der Waals surface area contributed by atoms with Crippen LogP contribution in [0.1, 0.15) is 5.56 Å². The largest absolute Gasteiger partial charge is 0.405 e. The molecule has 6 heteroatoms. The molecular weight excluding hydrogens is 262 g/mol. The quantitative estimate of drug-likeness (QED) is 0.749. The Labute approximate surface area is 102 Å². The summed E-state index contributed by atoms with van der Waals surface area (Å²) in [6, 6.07) is 4.66. The molecule has 1 rings (SSSR count). The molecule has 16 heavy (non-hydrogen) atoms. The highest BCUT2D eigenvalue weighted by atomic mass is 35.5. The molecular formula is C10H10Cl2F3N. The van der Waals surface area contributed by atoms with Gasteiger partial charge in [-0.05, 0) is 17.7 Å². The summed E-state index contributed by atoms with van der Waals surface area (Å²) in [6.45, 7) is -1.01. The maximum atomic E-state index is 12.1. The lowest BCUT2D eigenvalue weighted by atomic mass is 10.2. The van der Waals surface area contributed by atoms with Gasteiger partial charge in [-0.2, -0.15) is 13.2 Å². The summed E-state index contributed by atoms with van der Waals surface area (Å²) >= 11 is 11.4. The van der Waals surface area contributed by atoms with Crippen LogP contribution in [0.2, 0.25) is 5.02 Å². The molecule has 1 aromatic carbocycles. The van der Waals surface area contributed by atoms with Gasteiger partial charge in [0.05, 0.1) is 0 Å². The smallest absolute Gasteiger partial charge is 0.366 e. The number of benzene rings is 1. The molecule has 0 atom stereocenters. The predicted octanol–water partition coefficient (Wildman–Crippen LogP) is 4.08. The normalized spacial score (nSPS) is 11.6. The molecule has 0 amide bonds. The standard InChI is InChI=1S/C10H10Cl2F3N/c1-16(6-10(13,14)15)8-3-2-7(5-11)9(12)4-8/h2-4H,5-6H2,1H3. The van der Waals surface area contributed by atoms with Crippen LogP contribution in [0.3, 0.4) is 0 Å². The van der Waals surface area contributed by atoms with E-state index in [4.69, 9.17) is 23.2 Å². The van der Waals surface area contributed by atoms with Gasteiger partial charge in [0.1, 0.15) is 6.54 Å². The molecule has 0 N–H and O–H groups in total. The van der Waals surface area contributed by atoms with Gasteiger partial charge < -0.3 is 4.90 Å². The third-order valence-corrected chi connectivity index (χ3v) is 2.68. The van der Waals surface area contributed by atoms with Crippen molar-refractivity contribution in [2.75, 3.05) is 18.5 Å². The molecule has 1 aromatic rings. The van der Waals surface area contributed by atoms with Gasteiger partial charge in [0.15, 0.2) is 0 Å². The fourth-order valence-electron chi connectivity index (χ4n) is 1.24. The molecule has 0 bridgehead atoms. The summed E-state index contributed by atoms with van der Waals surface area (Å²) in [6.07, 6.45) is -4.23. The first kappa shape index (κ1) is 13.5. The Morgan fingerprint density at radius 2 is 1.94 bits per heavy atom. The molecule has 90 valence electrons. The first-order valence-corrected chi connectivity index (χ1v) is 5.37. The van der Waals surface area contributed by atoms with E-state index in [9.17, 15) is 13.2 Å². The Kier molecular flexibility index (Phi) is 4.33. The van der Waals surface area contributed by atoms with E-state index < -0.39 is 12.7 Å². The topological polar surface area (TPSA) is 3.24 Å². The SMILES string of the molecule is CN(CC(F)(F)F)c1ccc(CCl)c(Cl)c1. The summed E-state index contributed by atoms with van der Waals surface area (Å²) in [5, 5.41) is 0.376. The molecule has 0 aromatic heterocycles. The van der Waals surface area contributed by atoms with Gasteiger partial charge in [-0.3, -0.25) is 0 Å². The van der Waals surface area contributed by atoms with Gasteiger partial charge >= 0.3 is 6.18 Å². The van der Waals surface area contributed by atoms with Gasteiger partial charge in [0, 0.05) is 23.6 Å². The first-order chi connectivity index (χ1) is 7.33. The molecule has 0 aliphatic carbocycles. The van der Waals surface area contributed by atoms with E-state index in [1.807, 2.05) is 0 Å². The highest BCUT2D eigenvalue weighted by molar-refractivity contribution is 6.32. The van der Waals surface area contributed by atoms with Crippen molar-refractivity contribution in [1.29, 1.82) is 0 Å². The number of hydrogen-bond acceptors (Lipinski definition) is 1. The zero-order valence-corrected chi connectivity index (χ0v) is 10.00. The summed E-state index contributed by atoms with van der Waals surface area (Å²) < 4.78 is 36.4. The van der Waals surface area contributed by atoms with Crippen molar-refractivity contribution in [3.8, 4) is 0 Å². The maximum absolute atomic E-state index is 12.1. The van der Waals surface area contributed by atoms with Crippen molar-refractivity contribution in [3.05, 3.63) is 28.8 Å². The van der Waals surface area contributed by atoms with Crippen LogP contribution < -0.4 is 4.90 Å². The summed E-state index contributed by atoms with van der Waals surface area (Å²) in [4.78, 5) is 1.09. The molecule has 0 heterocycles. The van der Waals surface area contributed by atoms with Crippen LogP contribution >= 0.6 is 23.2 Å². The molecule has 0 fully saturated rings. The van der Waals surface area contributed by atoms with Crippen LogP contribution in [0.5, 0.6) is 0 Å². The minimum absolute atomic E-state index is 0.238. The third kappa shape index (κ3) is 3.76. The molecule has 0 aliphatic heterocycles. The molecule has 0 aliphatic rings. The highest BCUT2D eigenvalue weighted by Gasteiger charge is 2.29. The van der Waals surface area contributed by atoms with E-state index in [1.54, 1.807) is 12.1 Å². The van der Waals surface area contributed by atoms with E-state index in [0.717, 1.165) is 4.90 Å². The Morgan fingerprint density at radius 3 is 2.38 bits per heavy atom. The van der Waals surface area contributed by atoms with Crippen molar-refractivity contribution in [2.24, 2.45) is 0 Å². The maximum Gasteiger partial charge on any atom is 0.405 e. The zero-order valence-electron chi connectivity index (χ0n) is 8.48. The fraction of sp³-hybridized carbons (Fsp3) is 0.400. The molecule has 0 saturated carbocycles. The highest BCUT2D eigenvalue weighted by Crippen LogP contribution is 2.26. The number of nitrogens with zero attached hydrogens (tertiary/aromatic N) is 1. The van der Waals surface area contributed by atoms with E-state index in [-0.39, 0.29) is 5.88 Å². The fourth-order valence-corrected chi connectivity index (χ4v) is 1.79. The van der Waals surface area contributed by atoms with E-state index in [1.165, 1.54) is 13.1 Å². The molecule has 0 spiro atoms. The number of anilines is 1. The summed E-state index contributed by atoms with van der Waals surface area (Å²) in [5.74, 6) is 0.238. The van der Waals surface area contributed by atoms with Gasteiger partial charge in [0.25, 0.3) is 0 Å². The second kappa shape index (κ2) is 5.15. The minimum atomic E-state index is -4.23. The van der Waals surface area contributed by atoms with Crippen molar-refractivity contribution in [1.82, 2.24) is 0 Å². The second-order valence-corrected chi connectivity index (χ2v) is 4.06. The van der Waals surface area contributed by atoms with Crippen molar-refractivity contribution < 1.29 is 13.2 Å². The minimum Gasteiger partial charge on any atom is -0.366 e. The summed E-state index contributed by atoms with van der Waals surface area (Å²) in [5.41, 5.74) is 1.11. The van der Waals surface area contributed by atoms with E-state index >= 15 is 0 Å². The van der Waals surface area contributed by atoms with E-state index in [2.05, 4.69) is 0 Å². The predicted molar refractivity (Wildman–Crippen MR) is 60.3 cm³/mol. The third-order valence-electron chi connectivity index (χ3n) is 2.04. The van der Waals surface area contributed by atoms with Crippen molar-refractivity contribution >= 4 is 28.9 Å². The average Bonchev–Trinajstić information content (AvgIpc) is 2.15. The van der Waals surface area contributed by atoms with Crippen LogP contribution in [0, 0.1) is 0 Å². The Morgan fingerprint density at radius 1 is 1.31 bits per heavy atom.